The van der Waals surface area contributed by atoms with Crippen molar-refractivity contribution in [2.75, 3.05) is 23.7 Å². The van der Waals surface area contributed by atoms with Crippen LogP contribution in [-0.4, -0.2) is 35.3 Å². The lowest BCUT2D eigenvalue weighted by atomic mass is 10.1. The molecule has 1 amide bonds. The van der Waals surface area contributed by atoms with Crippen molar-refractivity contribution in [1.82, 2.24) is 10.3 Å². The molecule has 0 bridgehead atoms. The van der Waals surface area contributed by atoms with Gasteiger partial charge in [0.15, 0.2) is 0 Å². The molecule has 1 aromatic rings. The number of rotatable bonds is 2. The van der Waals surface area contributed by atoms with Gasteiger partial charge in [0.25, 0.3) is 0 Å². The minimum Gasteiger partial charge on any atom is -0.465 e. The number of hydrogen-bond donors (Lipinski definition) is 3. The summed E-state index contributed by atoms with van der Waals surface area (Å²) in [5, 5.41) is 10.9. The molecular weight excluding hydrogens is 196 g/mol. The van der Waals surface area contributed by atoms with E-state index in [2.05, 4.69) is 10.3 Å². The van der Waals surface area contributed by atoms with Crippen LogP contribution in [0, 0.1) is 0 Å². The van der Waals surface area contributed by atoms with Gasteiger partial charge in [-0.25, -0.2) is 9.78 Å². The highest BCUT2D eigenvalue weighted by molar-refractivity contribution is 5.66. The predicted octanol–water partition coefficient (Wildman–Crippen LogP) is 0.120. The summed E-state index contributed by atoms with van der Waals surface area (Å²) in [6.07, 6.45) is 0.664. The Bertz CT molecular complexity index is 376. The minimum absolute atomic E-state index is 0.0110. The highest BCUT2D eigenvalue weighted by Gasteiger charge is 2.28. The van der Waals surface area contributed by atoms with Crippen molar-refractivity contribution in [2.24, 2.45) is 0 Å². The lowest BCUT2D eigenvalue weighted by molar-refractivity contribution is 0.187. The van der Waals surface area contributed by atoms with Crippen LogP contribution < -0.4 is 16.0 Å². The average molecular weight is 208 g/mol. The first-order valence-electron chi connectivity index (χ1n) is 4.61. The van der Waals surface area contributed by atoms with E-state index in [0.29, 0.717) is 18.9 Å². The summed E-state index contributed by atoms with van der Waals surface area (Å²) in [5.74, 6) is 0.474. The van der Waals surface area contributed by atoms with E-state index in [4.69, 9.17) is 10.8 Å². The molecule has 2 rings (SSSR count). The first kappa shape index (κ1) is 9.57. The number of nitrogen functional groups attached to an aromatic ring is 1. The maximum atomic E-state index is 10.3. The molecule has 1 saturated heterocycles. The Hall–Kier alpha value is -1.98. The summed E-state index contributed by atoms with van der Waals surface area (Å²) in [4.78, 5) is 16.3. The highest BCUT2D eigenvalue weighted by atomic mass is 16.4. The second kappa shape index (κ2) is 3.64. The van der Waals surface area contributed by atoms with E-state index < -0.39 is 6.09 Å². The summed E-state index contributed by atoms with van der Waals surface area (Å²) in [7, 11) is 0. The Morgan fingerprint density at radius 1 is 1.67 bits per heavy atom. The molecule has 6 nitrogen and oxygen atoms in total. The van der Waals surface area contributed by atoms with Gasteiger partial charge < -0.3 is 21.1 Å². The number of nitrogens with one attached hydrogen (secondary N) is 1. The number of nitrogens with zero attached hydrogens (tertiary/aromatic N) is 2. The fraction of sp³-hybridized carbons (Fsp3) is 0.333. The van der Waals surface area contributed by atoms with Crippen LogP contribution in [0.15, 0.2) is 18.3 Å². The quantitative estimate of drug-likeness (QED) is 0.642. The molecule has 0 saturated carbocycles. The van der Waals surface area contributed by atoms with Gasteiger partial charge >= 0.3 is 6.09 Å². The summed E-state index contributed by atoms with van der Waals surface area (Å²) >= 11 is 0. The van der Waals surface area contributed by atoms with Crippen LogP contribution >= 0.6 is 0 Å². The molecule has 0 spiro atoms. The van der Waals surface area contributed by atoms with Gasteiger partial charge in [-0.05, 0) is 6.07 Å². The Morgan fingerprint density at radius 3 is 3.00 bits per heavy atom. The van der Waals surface area contributed by atoms with Crippen molar-refractivity contribution in [1.29, 1.82) is 0 Å². The minimum atomic E-state index is -0.978. The van der Waals surface area contributed by atoms with Crippen LogP contribution in [0.4, 0.5) is 16.3 Å². The topological polar surface area (TPSA) is 91.5 Å². The molecule has 0 atom stereocenters. The fourth-order valence-corrected chi connectivity index (χ4v) is 1.59. The number of anilines is 2. The summed E-state index contributed by atoms with van der Waals surface area (Å²) < 4.78 is 0. The monoisotopic (exact) mass is 208 g/mol. The van der Waals surface area contributed by atoms with Crippen molar-refractivity contribution in [3.8, 4) is 0 Å². The zero-order valence-electron chi connectivity index (χ0n) is 8.05. The Kier molecular flexibility index (Phi) is 2.32. The molecule has 1 aliphatic rings. The van der Waals surface area contributed by atoms with Crippen LogP contribution in [0.5, 0.6) is 0 Å². The highest BCUT2D eigenvalue weighted by Crippen LogP contribution is 2.21. The molecule has 6 heteroatoms. The van der Waals surface area contributed by atoms with Crippen molar-refractivity contribution >= 4 is 17.6 Å². The van der Waals surface area contributed by atoms with Crippen molar-refractivity contribution in [3.63, 3.8) is 0 Å². The second-order valence-electron chi connectivity index (χ2n) is 3.49. The number of amides is 1. The van der Waals surface area contributed by atoms with Gasteiger partial charge in [-0.3, -0.25) is 0 Å². The molecule has 15 heavy (non-hydrogen) atoms. The third-order valence-electron chi connectivity index (χ3n) is 2.34. The van der Waals surface area contributed by atoms with Gasteiger partial charge in [0, 0.05) is 31.0 Å². The molecule has 1 fully saturated rings. The largest absolute Gasteiger partial charge is 0.465 e. The van der Waals surface area contributed by atoms with Crippen molar-refractivity contribution < 1.29 is 9.90 Å². The number of pyridine rings is 1. The molecule has 0 aromatic carbocycles. The Morgan fingerprint density at radius 2 is 2.40 bits per heavy atom. The molecule has 0 aliphatic carbocycles. The van der Waals surface area contributed by atoms with Crippen LogP contribution in [0.2, 0.25) is 0 Å². The second-order valence-corrected chi connectivity index (χ2v) is 3.49. The number of hydrogen-bond acceptors (Lipinski definition) is 4. The summed E-state index contributed by atoms with van der Waals surface area (Å²) in [6, 6.07) is 3.64. The normalized spacial score (nSPS) is 15.9. The van der Waals surface area contributed by atoms with Gasteiger partial charge in [-0.1, -0.05) is 0 Å². The molecule has 80 valence electrons. The first-order chi connectivity index (χ1) is 7.15. The fourth-order valence-electron chi connectivity index (χ4n) is 1.59. The zero-order valence-corrected chi connectivity index (χ0v) is 8.05. The van der Waals surface area contributed by atoms with Crippen molar-refractivity contribution in [2.45, 2.75) is 6.04 Å². The van der Waals surface area contributed by atoms with Crippen molar-refractivity contribution in [3.05, 3.63) is 18.3 Å². The standard InChI is InChI=1S/C9H12N4O2/c10-8-3-7(1-2-11-8)13-4-6(5-13)12-9(14)15/h1-3,6,12H,4-5H2,(H2,10,11)(H,14,15). The lowest BCUT2D eigenvalue weighted by Crippen LogP contribution is -2.59. The van der Waals surface area contributed by atoms with Gasteiger partial charge in [0.05, 0.1) is 6.04 Å². The van der Waals surface area contributed by atoms with Crippen LogP contribution in [0.25, 0.3) is 0 Å². The van der Waals surface area contributed by atoms with Crippen LogP contribution in [0.3, 0.4) is 0 Å². The number of nitrogens with two attached hydrogens (primary N) is 1. The maximum absolute atomic E-state index is 10.3. The van der Waals surface area contributed by atoms with E-state index in [1.165, 1.54) is 0 Å². The average Bonchev–Trinajstić information content (AvgIpc) is 2.10. The van der Waals surface area contributed by atoms with E-state index >= 15 is 0 Å². The van der Waals surface area contributed by atoms with E-state index in [1.54, 1.807) is 12.3 Å². The van der Waals surface area contributed by atoms with E-state index in [1.807, 2.05) is 11.0 Å². The molecule has 1 aliphatic heterocycles. The third-order valence-corrected chi connectivity index (χ3v) is 2.34. The molecule has 0 radical (unpaired) electrons. The van der Waals surface area contributed by atoms with Gasteiger partial charge in [-0.15, -0.1) is 0 Å². The molecule has 0 unspecified atom stereocenters. The smallest absolute Gasteiger partial charge is 0.405 e. The number of carboxylic acid groups (broad SMARTS) is 1. The van der Waals surface area contributed by atoms with Crippen LogP contribution in [-0.2, 0) is 0 Å². The van der Waals surface area contributed by atoms with Gasteiger partial charge in [0.1, 0.15) is 5.82 Å². The predicted molar refractivity (Wildman–Crippen MR) is 55.8 cm³/mol. The third kappa shape index (κ3) is 2.09. The molecule has 4 N–H and O–H groups in total. The zero-order chi connectivity index (χ0) is 10.8. The van der Waals surface area contributed by atoms with E-state index in [0.717, 1.165) is 5.69 Å². The Balaban J connectivity index is 1.92. The Labute approximate surface area is 86.7 Å². The molecule has 2 heterocycles. The molecule has 1 aromatic heterocycles. The number of carbonyl (C=O) groups is 1. The van der Waals surface area contributed by atoms with E-state index in [9.17, 15) is 4.79 Å². The summed E-state index contributed by atoms with van der Waals surface area (Å²) in [5.41, 5.74) is 6.52. The van der Waals surface area contributed by atoms with Gasteiger partial charge in [0.2, 0.25) is 0 Å². The first-order valence-corrected chi connectivity index (χ1v) is 4.61. The lowest BCUT2D eigenvalue weighted by Gasteiger charge is -2.40. The van der Waals surface area contributed by atoms with Gasteiger partial charge in [-0.2, -0.15) is 0 Å². The van der Waals surface area contributed by atoms with Crippen LogP contribution in [0.1, 0.15) is 0 Å². The maximum Gasteiger partial charge on any atom is 0.405 e. The number of aromatic nitrogens is 1. The molecular formula is C9H12N4O2. The summed E-state index contributed by atoms with van der Waals surface area (Å²) in [6.45, 7) is 1.35. The van der Waals surface area contributed by atoms with E-state index in [-0.39, 0.29) is 6.04 Å². The SMILES string of the molecule is Nc1cc(N2CC(NC(=O)O)C2)ccn1.